The van der Waals surface area contributed by atoms with Crippen LogP contribution in [0.2, 0.25) is 0 Å². The van der Waals surface area contributed by atoms with Gasteiger partial charge in [-0.25, -0.2) is 4.79 Å². The molecule has 0 saturated heterocycles. The lowest BCUT2D eigenvalue weighted by molar-refractivity contribution is 0.0502. The maximum absolute atomic E-state index is 12.4. The Hall–Kier alpha value is -2.54. The smallest absolute Gasteiger partial charge is 0.408 e. The molecule has 0 heterocycles. The van der Waals surface area contributed by atoms with Gasteiger partial charge in [0.05, 0.1) is 6.04 Å². The molecule has 7 heteroatoms. The predicted octanol–water partition coefficient (Wildman–Crippen LogP) is 4.74. The van der Waals surface area contributed by atoms with Crippen molar-refractivity contribution in [2.24, 2.45) is 0 Å². The Balaban J connectivity index is 2.09. The molecule has 2 aromatic rings. The molecule has 0 spiro atoms. The van der Waals surface area contributed by atoms with E-state index in [-0.39, 0.29) is 16.7 Å². The molecule has 1 unspecified atom stereocenters. The molecular formula is C21H27NO5S. The van der Waals surface area contributed by atoms with Crippen LogP contribution in [-0.4, -0.2) is 20.1 Å². The molecule has 0 aliphatic carbocycles. The van der Waals surface area contributed by atoms with Crippen LogP contribution in [0, 0.1) is 6.92 Å². The molecule has 0 fully saturated rings. The van der Waals surface area contributed by atoms with Gasteiger partial charge in [0.1, 0.15) is 16.2 Å². The Morgan fingerprint density at radius 1 is 1.04 bits per heavy atom. The number of nitrogens with one attached hydrogen (secondary N) is 1. The van der Waals surface area contributed by atoms with E-state index in [4.69, 9.17) is 8.92 Å². The Bertz CT molecular complexity index is 897. The van der Waals surface area contributed by atoms with Crippen molar-refractivity contribution in [2.45, 2.75) is 57.6 Å². The standard InChI is InChI=1S/C21H27NO5S/c1-6-19(22-20(23)26-21(3,4)5)16-9-11-17(12-10-16)27-28(24,25)18-13-7-15(2)8-14-18/h7-14,19H,6H2,1-5H3,(H,22,23). The van der Waals surface area contributed by atoms with Crippen molar-refractivity contribution < 1.29 is 22.1 Å². The Morgan fingerprint density at radius 2 is 1.61 bits per heavy atom. The van der Waals surface area contributed by atoms with Gasteiger partial charge < -0.3 is 14.2 Å². The largest absolute Gasteiger partial charge is 0.444 e. The molecule has 2 rings (SSSR count). The molecule has 0 aliphatic rings. The molecule has 2 aromatic carbocycles. The van der Waals surface area contributed by atoms with E-state index >= 15 is 0 Å². The van der Waals surface area contributed by atoms with Crippen molar-refractivity contribution in [3.8, 4) is 5.75 Å². The average Bonchev–Trinajstić information content (AvgIpc) is 2.59. The second-order valence-corrected chi connectivity index (χ2v) is 9.07. The SMILES string of the molecule is CCC(NC(=O)OC(C)(C)C)c1ccc(OS(=O)(=O)c2ccc(C)cc2)cc1. The highest BCUT2D eigenvalue weighted by Gasteiger charge is 2.20. The van der Waals surface area contributed by atoms with Crippen LogP contribution < -0.4 is 9.50 Å². The van der Waals surface area contributed by atoms with Crippen molar-refractivity contribution in [1.82, 2.24) is 5.32 Å². The minimum Gasteiger partial charge on any atom is -0.444 e. The zero-order chi connectivity index (χ0) is 20.9. The Labute approximate surface area is 167 Å². The van der Waals surface area contributed by atoms with Crippen LogP contribution in [0.25, 0.3) is 0 Å². The number of benzene rings is 2. The number of carbonyl (C=O) groups excluding carboxylic acids is 1. The molecule has 1 amide bonds. The predicted molar refractivity (Wildman–Crippen MR) is 108 cm³/mol. The highest BCUT2D eigenvalue weighted by molar-refractivity contribution is 7.87. The maximum Gasteiger partial charge on any atom is 0.408 e. The third kappa shape index (κ3) is 6.27. The van der Waals surface area contributed by atoms with E-state index < -0.39 is 21.8 Å². The van der Waals surface area contributed by atoms with Crippen LogP contribution in [0.1, 0.15) is 51.3 Å². The summed E-state index contributed by atoms with van der Waals surface area (Å²) in [6, 6.07) is 12.8. The van der Waals surface area contributed by atoms with Gasteiger partial charge in [0.15, 0.2) is 0 Å². The van der Waals surface area contributed by atoms with Gasteiger partial charge in [0.25, 0.3) is 0 Å². The number of hydrogen-bond acceptors (Lipinski definition) is 5. The normalized spacial score (nSPS) is 12.9. The lowest BCUT2D eigenvalue weighted by Gasteiger charge is -2.23. The van der Waals surface area contributed by atoms with Crippen LogP contribution in [-0.2, 0) is 14.9 Å². The summed E-state index contributed by atoms with van der Waals surface area (Å²) < 4.78 is 35.2. The molecule has 0 bridgehead atoms. The summed E-state index contributed by atoms with van der Waals surface area (Å²) in [6.07, 6.45) is 0.155. The zero-order valence-corrected chi connectivity index (χ0v) is 17.7. The summed E-state index contributed by atoms with van der Waals surface area (Å²) in [5.41, 5.74) is 1.21. The van der Waals surface area contributed by atoms with E-state index in [1.54, 1.807) is 57.2 Å². The number of hydrogen-bond donors (Lipinski definition) is 1. The first-order valence-electron chi connectivity index (χ1n) is 9.11. The van der Waals surface area contributed by atoms with E-state index in [1.807, 2.05) is 13.8 Å². The summed E-state index contributed by atoms with van der Waals surface area (Å²) in [4.78, 5) is 12.1. The third-order valence-electron chi connectivity index (χ3n) is 3.90. The van der Waals surface area contributed by atoms with Gasteiger partial charge in [0, 0.05) is 0 Å². The number of aryl methyl sites for hydroxylation is 1. The van der Waals surface area contributed by atoms with Gasteiger partial charge in [-0.3, -0.25) is 0 Å². The van der Waals surface area contributed by atoms with E-state index in [0.717, 1.165) is 11.1 Å². The molecule has 6 nitrogen and oxygen atoms in total. The van der Waals surface area contributed by atoms with Gasteiger partial charge >= 0.3 is 16.2 Å². The van der Waals surface area contributed by atoms with Crippen LogP contribution in [0.3, 0.4) is 0 Å². The van der Waals surface area contributed by atoms with Crippen LogP contribution in [0.15, 0.2) is 53.4 Å². The number of ether oxygens (including phenoxy) is 1. The molecule has 152 valence electrons. The first-order chi connectivity index (χ1) is 13.0. The van der Waals surface area contributed by atoms with E-state index in [9.17, 15) is 13.2 Å². The van der Waals surface area contributed by atoms with Crippen molar-refractivity contribution in [3.05, 3.63) is 59.7 Å². The van der Waals surface area contributed by atoms with E-state index in [0.29, 0.717) is 6.42 Å². The molecule has 1 atom stereocenters. The van der Waals surface area contributed by atoms with Gasteiger partial charge in [-0.1, -0.05) is 36.8 Å². The Morgan fingerprint density at radius 3 is 2.11 bits per heavy atom. The van der Waals surface area contributed by atoms with Crippen LogP contribution in [0.5, 0.6) is 5.75 Å². The van der Waals surface area contributed by atoms with Gasteiger partial charge in [-0.05, 0) is 63.9 Å². The van der Waals surface area contributed by atoms with Gasteiger partial charge in [0.2, 0.25) is 0 Å². The second-order valence-electron chi connectivity index (χ2n) is 7.53. The average molecular weight is 406 g/mol. The third-order valence-corrected chi connectivity index (χ3v) is 5.16. The van der Waals surface area contributed by atoms with Crippen LogP contribution >= 0.6 is 0 Å². The molecule has 0 saturated carbocycles. The van der Waals surface area contributed by atoms with Crippen molar-refractivity contribution in [1.29, 1.82) is 0 Å². The summed E-state index contributed by atoms with van der Waals surface area (Å²) >= 11 is 0. The van der Waals surface area contributed by atoms with Crippen LogP contribution in [0.4, 0.5) is 4.79 Å². The number of amides is 1. The fraction of sp³-hybridized carbons (Fsp3) is 0.381. The minimum absolute atomic E-state index is 0.0974. The second kappa shape index (κ2) is 8.65. The lowest BCUT2D eigenvalue weighted by Crippen LogP contribution is -2.34. The van der Waals surface area contributed by atoms with E-state index in [2.05, 4.69) is 5.32 Å². The number of carbonyl (C=O) groups is 1. The molecular weight excluding hydrogens is 378 g/mol. The monoisotopic (exact) mass is 405 g/mol. The van der Waals surface area contributed by atoms with Crippen molar-refractivity contribution >= 4 is 16.2 Å². The lowest BCUT2D eigenvalue weighted by atomic mass is 10.0. The molecule has 0 aliphatic heterocycles. The highest BCUT2D eigenvalue weighted by Crippen LogP contribution is 2.23. The number of alkyl carbamates (subject to hydrolysis) is 1. The Kier molecular flexibility index (Phi) is 6.72. The molecule has 0 aromatic heterocycles. The number of rotatable bonds is 6. The maximum atomic E-state index is 12.4. The van der Waals surface area contributed by atoms with Gasteiger partial charge in [-0.15, -0.1) is 0 Å². The van der Waals surface area contributed by atoms with Crippen molar-refractivity contribution in [2.75, 3.05) is 0 Å². The fourth-order valence-electron chi connectivity index (χ4n) is 2.51. The quantitative estimate of drug-likeness (QED) is 0.702. The minimum atomic E-state index is -3.90. The fourth-order valence-corrected chi connectivity index (χ4v) is 3.44. The first kappa shape index (κ1) is 21.8. The van der Waals surface area contributed by atoms with E-state index in [1.165, 1.54) is 12.1 Å². The highest BCUT2D eigenvalue weighted by atomic mass is 32.2. The molecule has 1 N–H and O–H groups in total. The summed E-state index contributed by atoms with van der Waals surface area (Å²) in [5, 5.41) is 2.82. The van der Waals surface area contributed by atoms with Gasteiger partial charge in [-0.2, -0.15) is 8.42 Å². The topological polar surface area (TPSA) is 81.7 Å². The molecule has 0 radical (unpaired) electrons. The summed E-state index contributed by atoms with van der Waals surface area (Å²) in [7, 11) is -3.90. The van der Waals surface area contributed by atoms with Crippen molar-refractivity contribution in [3.63, 3.8) is 0 Å². The molecule has 28 heavy (non-hydrogen) atoms. The zero-order valence-electron chi connectivity index (χ0n) is 16.9. The summed E-state index contributed by atoms with van der Waals surface area (Å²) in [6.45, 7) is 9.22. The first-order valence-corrected chi connectivity index (χ1v) is 10.5. The summed E-state index contributed by atoms with van der Waals surface area (Å²) in [5.74, 6) is 0.205.